The molecule has 1 heterocycles. The van der Waals surface area contributed by atoms with Crippen LogP contribution in [0, 0.1) is 0 Å². The third-order valence-electron chi connectivity index (χ3n) is 4.08. The summed E-state index contributed by atoms with van der Waals surface area (Å²) in [5.41, 5.74) is 2.18. The standard InChI is InChI=1S/C19H27ClN4O2/c1-5-21-19(24(3)13-16-11-15(20)12-23(16)2)22-9-8-14-6-7-17(25)18(10-14)26-4/h6-7,10-12,25H,5,8-9,13H2,1-4H3,(H,21,22). The van der Waals surface area contributed by atoms with Crippen molar-refractivity contribution >= 4 is 17.6 Å². The number of ether oxygens (including phenoxy) is 1. The molecule has 0 aliphatic carbocycles. The molecule has 1 aromatic carbocycles. The molecule has 2 aromatic rings. The third kappa shape index (κ3) is 5.33. The summed E-state index contributed by atoms with van der Waals surface area (Å²) >= 11 is 6.06. The highest BCUT2D eigenvalue weighted by Gasteiger charge is 2.10. The number of aromatic hydroxyl groups is 1. The number of hydrogen-bond donors (Lipinski definition) is 2. The number of aryl methyl sites for hydroxylation is 1. The maximum Gasteiger partial charge on any atom is 0.194 e. The van der Waals surface area contributed by atoms with Gasteiger partial charge in [-0.1, -0.05) is 17.7 Å². The average Bonchev–Trinajstić information content (AvgIpc) is 2.92. The zero-order chi connectivity index (χ0) is 19.1. The number of hydrogen-bond acceptors (Lipinski definition) is 3. The van der Waals surface area contributed by atoms with E-state index < -0.39 is 0 Å². The zero-order valence-corrected chi connectivity index (χ0v) is 16.5. The molecule has 0 bridgehead atoms. The van der Waals surface area contributed by atoms with Gasteiger partial charge in [-0.15, -0.1) is 0 Å². The maximum atomic E-state index is 9.68. The molecule has 0 saturated heterocycles. The minimum absolute atomic E-state index is 0.147. The molecule has 26 heavy (non-hydrogen) atoms. The summed E-state index contributed by atoms with van der Waals surface area (Å²) in [6.07, 6.45) is 2.66. The van der Waals surface area contributed by atoms with Crippen molar-refractivity contribution < 1.29 is 9.84 Å². The monoisotopic (exact) mass is 378 g/mol. The van der Waals surface area contributed by atoms with Crippen LogP contribution >= 0.6 is 11.6 Å². The molecule has 0 saturated carbocycles. The third-order valence-corrected chi connectivity index (χ3v) is 4.28. The Hall–Kier alpha value is -2.34. The Morgan fingerprint density at radius 2 is 2.15 bits per heavy atom. The Bertz CT molecular complexity index is 758. The lowest BCUT2D eigenvalue weighted by Gasteiger charge is -2.22. The number of rotatable bonds is 7. The normalized spacial score (nSPS) is 11.5. The number of phenols is 1. The lowest BCUT2D eigenvalue weighted by atomic mass is 10.1. The second-order valence-corrected chi connectivity index (χ2v) is 6.54. The number of methoxy groups -OCH3 is 1. The second kappa shape index (κ2) is 9.38. The van der Waals surface area contributed by atoms with Crippen molar-refractivity contribution in [2.45, 2.75) is 19.9 Å². The predicted octanol–water partition coefficient (Wildman–Crippen LogP) is 3.03. The van der Waals surface area contributed by atoms with Crippen LogP contribution in [0.15, 0.2) is 35.5 Å². The van der Waals surface area contributed by atoms with E-state index in [-0.39, 0.29) is 5.75 Å². The molecule has 0 aliphatic rings. The van der Waals surface area contributed by atoms with Gasteiger partial charge in [0.1, 0.15) is 0 Å². The van der Waals surface area contributed by atoms with Crippen molar-refractivity contribution in [2.75, 3.05) is 27.2 Å². The largest absolute Gasteiger partial charge is 0.504 e. The highest BCUT2D eigenvalue weighted by atomic mass is 35.5. The Morgan fingerprint density at radius 3 is 2.77 bits per heavy atom. The Labute approximate surface area is 160 Å². The molecule has 1 aromatic heterocycles. The van der Waals surface area contributed by atoms with Crippen molar-refractivity contribution in [1.29, 1.82) is 0 Å². The molecule has 0 amide bonds. The van der Waals surface area contributed by atoms with Gasteiger partial charge < -0.3 is 24.6 Å². The molecule has 0 radical (unpaired) electrons. The van der Waals surface area contributed by atoms with Gasteiger partial charge in [-0.2, -0.15) is 0 Å². The average molecular weight is 379 g/mol. The number of aliphatic imine (C=N–C) groups is 1. The van der Waals surface area contributed by atoms with Crippen LogP contribution < -0.4 is 10.1 Å². The molecular formula is C19H27ClN4O2. The predicted molar refractivity (Wildman–Crippen MR) is 106 cm³/mol. The van der Waals surface area contributed by atoms with Crippen LogP contribution in [0.5, 0.6) is 11.5 Å². The van der Waals surface area contributed by atoms with E-state index in [4.69, 9.17) is 21.3 Å². The number of halogens is 1. The molecule has 0 fully saturated rings. The highest BCUT2D eigenvalue weighted by molar-refractivity contribution is 6.30. The van der Waals surface area contributed by atoms with Gasteiger partial charge in [-0.05, 0) is 37.1 Å². The van der Waals surface area contributed by atoms with Gasteiger partial charge in [0.15, 0.2) is 17.5 Å². The van der Waals surface area contributed by atoms with Crippen molar-refractivity contribution in [3.05, 3.63) is 46.7 Å². The van der Waals surface area contributed by atoms with Crippen molar-refractivity contribution in [1.82, 2.24) is 14.8 Å². The topological polar surface area (TPSA) is 62.0 Å². The Kier molecular flexibility index (Phi) is 7.21. The summed E-state index contributed by atoms with van der Waals surface area (Å²) in [5, 5.41) is 13.7. The van der Waals surface area contributed by atoms with E-state index in [1.54, 1.807) is 13.2 Å². The van der Waals surface area contributed by atoms with Crippen LogP contribution in [0.3, 0.4) is 0 Å². The molecule has 0 aliphatic heterocycles. The molecule has 142 valence electrons. The minimum Gasteiger partial charge on any atom is -0.504 e. The number of phenolic OH excluding ortho intramolecular Hbond substituents is 1. The van der Waals surface area contributed by atoms with E-state index in [2.05, 4.69) is 10.2 Å². The lowest BCUT2D eigenvalue weighted by molar-refractivity contribution is 0.373. The van der Waals surface area contributed by atoms with Crippen molar-refractivity contribution in [3.63, 3.8) is 0 Å². The van der Waals surface area contributed by atoms with Gasteiger partial charge in [-0.25, -0.2) is 0 Å². The van der Waals surface area contributed by atoms with Gasteiger partial charge >= 0.3 is 0 Å². The maximum absolute atomic E-state index is 9.68. The van der Waals surface area contributed by atoms with Gasteiger partial charge in [0.2, 0.25) is 0 Å². The van der Waals surface area contributed by atoms with Gasteiger partial charge in [0.05, 0.1) is 18.7 Å². The summed E-state index contributed by atoms with van der Waals surface area (Å²) < 4.78 is 7.17. The SMILES string of the molecule is CCNC(=NCCc1ccc(O)c(OC)c1)N(C)Cc1cc(Cl)cn1C. The first-order valence-corrected chi connectivity index (χ1v) is 8.98. The molecule has 6 nitrogen and oxygen atoms in total. The van der Waals surface area contributed by atoms with Crippen LogP contribution in [0.4, 0.5) is 0 Å². The molecule has 0 spiro atoms. The molecule has 7 heteroatoms. The van der Waals surface area contributed by atoms with Crippen LogP contribution in [0.25, 0.3) is 0 Å². The van der Waals surface area contributed by atoms with E-state index in [0.29, 0.717) is 18.8 Å². The fraction of sp³-hybridized carbons (Fsp3) is 0.421. The number of benzene rings is 1. The smallest absolute Gasteiger partial charge is 0.194 e. The van der Waals surface area contributed by atoms with Crippen LogP contribution in [0.1, 0.15) is 18.2 Å². The zero-order valence-electron chi connectivity index (χ0n) is 15.8. The molecule has 0 atom stereocenters. The van der Waals surface area contributed by atoms with Crippen molar-refractivity contribution in [2.24, 2.45) is 12.0 Å². The van der Waals surface area contributed by atoms with Crippen LogP contribution in [-0.2, 0) is 20.0 Å². The molecule has 2 rings (SSSR count). The summed E-state index contributed by atoms with van der Waals surface area (Å²) in [5.74, 6) is 1.47. The van der Waals surface area contributed by atoms with Crippen LogP contribution in [0.2, 0.25) is 5.02 Å². The Morgan fingerprint density at radius 1 is 1.38 bits per heavy atom. The van der Waals surface area contributed by atoms with Crippen molar-refractivity contribution in [3.8, 4) is 11.5 Å². The lowest BCUT2D eigenvalue weighted by Crippen LogP contribution is -2.39. The second-order valence-electron chi connectivity index (χ2n) is 6.11. The van der Waals surface area contributed by atoms with E-state index in [1.807, 2.05) is 50.0 Å². The summed E-state index contributed by atoms with van der Waals surface area (Å²) in [6, 6.07) is 7.34. The molecule has 2 N–H and O–H groups in total. The van der Waals surface area contributed by atoms with E-state index >= 15 is 0 Å². The first-order chi connectivity index (χ1) is 12.4. The first kappa shape index (κ1) is 20.0. The van der Waals surface area contributed by atoms with Crippen LogP contribution in [-0.4, -0.2) is 47.8 Å². The van der Waals surface area contributed by atoms with Gasteiger partial charge in [0, 0.05) is 39.1 Å². The summed E-state index contributed by atoms with van der Waals surface area (Å²) in [7, 11) is 5.54. The van der Waals surface area contributed by atoms with E-state index in [9.17, 15) is 5.11 Å². The number of guanidine groups is 1. The number of aromatic nitrogens is 1. The minimum atomic E-state index is 0.147. The quantitative estimate of drug-likeness (QED) is 0.574. The molecule has 0 unspecified atom stereocenters. The molecular weight excluding hydrogens is 352 g/mol. The van der Waals surface area contributed by atoms with E-state index in [1.165, 1.54) is 0 Å². The summed E-state index contributed by atoms with van der Waals surface area (Å²) in [6.45, 7) is 4.19. The fourth-order valence-electron chi connectivity index (χ4n) is 2.68. The van der Waals surface area contributed by atoms with E-state index in [0.717, 1.165) is 35.2 Å². The summed E-state index contributed by atoms with van der Waals surface area (Å²) in [4.78, 5) is 6.78. The fourth-order valence-corrected chi connectivity index (χ4v) is 2.95. The Balaban J connectivity index is 2.02. The highest BCUT2D eigenvalue weighted by Crippen LogP contribution is 2.26. The van der Waals surface area contributed by atoms with Gasteiger partial charge in [-0.3, -0.25) is 4.99 Å². The first-order valence-electron chi connectivity index (χ1n) is 8.60. The number of nitrogens with one attached hydrogen (secondary N) is 1. The van der Waals surface area contributed by atoms with Gasteiger partial charge in [0.25, 0.3) is 0 Å². The number of nitrogens with zero attached hydrogens (tertiary/aromatic N) is 3.